The van der Waals surface area contributed by atoms with Crippen molar-refractivity contribution in [3.63, 3.8) is 0 Å². The second-order valence-electron chi connectivity index (χ2n) is 3.36. The molecular formula is C12H12N2S. The number of aromatic nitrogens is 1. The number of nitrogens with two attached hydrogens (primary N) is 1. The molecule has 2 aromatic rings. The second kappa shape index (κ2) is 4.36. The quantitative estimate of drug-likeness (QED) is 0.784. The number of nitrogen functional groups attached to an aromatic ring is 1. The molecule has 1 aromatic heterocycles. The normalized spacial score (nSPS) is 10.2. The van der Waals surface area contributed by atoms with Crippen molar-refractivity contribution in [3.8, 4) is 0 Å². The molecule has 0 amide bonds. The maximum Gasteiger partial charge on any atom is 0.0328 e. The Bertz CT molecular complexity index is 434. The van der Waals surface area contributed by atoms with Gasteiger partial charge in [0.2, 0.25) is 0 Å². The highest BCUT2D eigenvalue weighted by Gasteiger charge is 1.98. The highest BCUT2D eigenvalue weighted by molar-refractivity contribution is 7.99. The van der Waals surface area contributed by atoms with Crippen LogP contribution in [0.3, 0.4) is 0 Å². The van der Waals surface area contributed by atoms with Gasteiger partial charge in [-0.1, -0.05) is 11.8 Å². The molecular weight excluding hydrogens is 204 g/mol. The van der Waals surface area contributed by atoms with Crippen LogP contribution in [0.25, 0.3) is 0 Å². The first kappa shape index (κ1) is 10.1. The Morgan fingerprint density at radius 1 is 1.07 bits per heavy atom. The number of anilines is 1. The van der Waals surface area contributed by atoms with Gasteiger partial charge in [0.1, 0.15) is 0 Å². The van der Waals surface area contributed by atoms with Gasteiger partial charge in [0.05, 0.1) is 0 Å². The van der Waals surface area contributed by atoms with Crippen LogP contribution in [0, 0.1) is 6.92 Å². The number of nitrogens with zero attached hydrogens (tertiary/aromatic N) is 1. The van der Waals surface area contributed by atoms with Crippen LogP contribution in [-0.2, 0) is 0 Å². The first-order valence-electron chi connectivity index (χ1n) is 4.69. The van der Waals surface area contributed by atoms with Crippen LogP contribution < -0.4 is 5.73 Å². The zero-order valence-corrected chi connectivity index (χ0v) is 9.29. The summed E-state index contributed by atoms with van der Waals surface area (Å²) in [6, 6.07) is 10.1. The number of hydrogen-bond donors (Lipinski definition) is 1. The SMILES string of the molecule is Cc1cc(N)cc(Sc2ccncc2)c1. The zero-order chi connectivity index (χ0) is 10.7. The van der Waals surface area contributed by atoms with E-state index >= 15 is 0 Å². The van der Waals surface area contributed by atoms with E-state index in [2.05, 4.69) is 11.1 Å². The summed E-state index contributed by atoms with van der Waals surface area (Å²) >= 11 is 1.70. The zero-order valence-electron chi connectivity index (χ0n) is 8.47. The largest absolute Gasteiger partial charge is 0.399 e. The van der Waals surface area contributed by atoms with E-state index in [-0.39, 0.29) is 0 Å². The molecule has 0 aliphatic heterocycles. The minimum atomic E-state index is 0.812. The lowest BCUT2D eigenvalue weighted by atomic mass is 10.2. The Labute approximate surface area is 93.5 Å². The summed E-state index contributed by atoms with van der Waals surface area (Å²) in [6.07, 6.45) is 3.59. The average Bonchev–Trinajstić information content (AvgIpc) is 2.17. The van der Waals surface area contributed by atoms with Crippen molar-refractivity contribution in [2.45, 2.75) is 16.7 Å². The van der Waals surface area contributed by atoms with E-state index < -0.39 is 0 Å². The molecule has 0 bridgehead atoms. The van der Waals surface area contributed by atoms with Crippen LogP contribution in [-0.4, -0.2) is 4.98 Å². The fourth-order valence-electron chi connectivity index (χ4n) is 1.38. The van der Waals surface area contributed by atoms with E-state index in [9.17, 15) is 0 Å². The van der Waals surface area contributed by atoms with Gasteiger partial charge in [-0.3, -0.25) is 4.98 Å². The molecule has 2 N–H and O–H groups in total. The average molecular weight is 216 g/mol. The van der Waals surface area contributed by atoms with E-state index in [0.717, 1.165) is 5.69 Å². The van der Waals surface area contributed by atoms with Crippen LogP contribution >= 0.6 is 11.8 Å². The molecule has 76 valence electrons. The highest BCUT2D eigenvalue weighted by atomic mass is 32.2. The Morgan fingerprint density at radius 2 is 1.80 bits per heavy atom. The van der Waals surface area contributed by atoms with Crippen LogP contribution in [0.1, 0.15) is 5.56 Å². The van der Waals surface area contributed by atoms with E-state index in [1.54, 1.807) is 24.2 Å². The molecule has 0 radical (unpaired) electrons. The van der Waals surface area contributed by atoms with Crippen molar-refractivity contribution >= 4 is 17.4 Å². The summed E-state index contributed by atoms with van der Waals surface area (Å²) in [5, 5.41) is 0. The third-order valence-corrected chi connectivity index (χ3v) is 2.94. The molecule has 0 saturated heterocycles. The Kier molecular flexibility index (Phi) is 2.92. The third kappa shape index (κ3) is 2.73. The maximum absolute atomic E-state index is 5.79. The molecule has 2 nitrogen and oxygen atoms in total. The minimum absolute atomic E-state index is 0.812. The molecule has 0 fully saturated rings. The molecule has 0 spiro atoms. The van der Waals surface area contributed by atoms with Gasteiger partial charge in [0, 0.05) is 27.9 Å². The number of hydrogen-bond acceptors (Lipinski definition) is 3. The Hall–Kier alpha value is -1.48. The van der Waals surface area contributed by atoms with Crippen molar-refractivity contribution in [2.24, 2.45) is 0 Å². The molecule has 2 rings (SSSR count). The maximum atomic E-state index is 5.79. The van der Waals surface area contributed by atoms with Gasteiger partial charge in [-0.15, -0.1) is 0 Å². The van der Waals surface area contributed by atoms with Crippen LogP contribution in [0.5, 0.6) is 0 Å². The van der Waals surface area contributed by atoms with Crippen molar-refractivity contribution in [3.05, 3.63) is 48.3 Å². The van der Waals surface area contributed by atoms with Crippen molar-refractivity contribution in [1.29, 1.82) is 0 Å². The van der Waals surface area contributed by atoms with E-state index in [1.165, 1.54) is 15.4 Å². The number of aryl methyl sites for hydroxylation is 1. The van der Waals surface area contributed by atoms with E-state index in [4.69, 9.17) is 5.73 Å². The number of pyridine rings is 1. The van der Waals surface area contributed by atoms with E-state index in [1.807, 2.05) is 31.2 Å². The number of rotatable bonds is 2. The van der Waals surface area contributed by atoms with Gasteiger partial charge < -0.3 is 5.73 Å². The predicted molar refractivity (Wildman–Crippen MR) is 64.0 cm³/mol. The van der Waals surface area contributed by atoms with Crippen LogP contribution in [0.4, 0.5) is 5.69 Å². The summed E-state index contributed by atoms with van der Waals surface area (Å²) in [5.41, 5.74) is 7.79. The van der Waals surface area contributed by atoms with Crippen LogP contribution in [0.15, 0.2) is 52.5 Å². The summed E-state index contributed by atoms with van der Waals surface area (Å²) in [6.45, 7) is 2.05. The Balaban J connectivity index is 2.25. The van der Waals surface area contributed by atoms with Gasteiger partial charge in [-0.25, -0.2) is 0 Å². The fourth-order valence-corrected chi connectivity index (χ4v) is 2.35. The lowest BCUT2D eigenvalue weighted by Crippen LogP contribution is -1.86. The van der Waals surface area contributed by atoms with E-state index in [0.29, 0.717) is 0 Å². The summed E-state index contributed by atoms with van der Waals surface area (Å²) in [4.78, 5) is 6.33. The Morgan fingerprint density at radius 3 is 2.47 bits per heavy atom. The smallest absolute Gasteiger partial charge is 0.0328 e. The number of benzene rings is 1. The third-order valence-electron chi connectivity index (χ3n) is 1.96. The summed E-state index contributed by atoms with van der Waals surface area (Å²) in [7, 11) is 0. The summed E-state index contributed by atoms with van der Waals surface area (Å²) < 4.78 is 0. The van der Waals surface area contributed by atoms with Gasteiger partial charge in [0.15, 0.2) is 0 Å². The second-order valence-corrected chi connectivity index (χ2v) is 4.51. The monoisotopic (exact) mass is 216 g/mol. The topological polar surface area (TPSA) is 38.9 Å². The molecule has 3 heteroatoms. The molecule has 0 unspecified atom stereocenters. The lowest BCUT2D eigenvalue weighted by Gasteiger charge is -2.04. The minimum Gasteiger partial charge on any atom is -0.399 e. The fraction of sp³-hybridized carbons (Fsp3) is 0.0833. The molecule has 1 aromatic carbocycles. The molecule has 0 aliphatic carbocycles. The van der Waals surface area contributed by atoms with Gasteiger partial charge in [0.25, 0.3) is 0 Å². The van der Waals surface area contributed by atoms with Crippen molar-refractivity contribution in [1.82, 2.24) is 4.98 Å². The van der Waals surface area contributed by atoms with Gasteiger partial charge >= 0.3 is 0 Å². The highest BCUT2D eigenvalue weighted by Crippen LogP contribution is 2.29. The molecule has 0 atom stereocenters. The standard InChI is InChI=1S/C12H12N2S/c1-9-6-10(13)8-12(7-9)15-11-2-4-14-5-3-11/h2-8H,13H2,1H3. The van der Waals surface area contributed by atoms with Crippen LogP contribution in [0.2, 0.25) is 0 Å². The molecule has 15 heavy (non-hydrogen) atoms. The van der Waals surface area contributed by atoms with Gasteiger partial charge in [-0.2, -0.15) is 0 Å². The molecule has 1 heterocycles. The first-order valence-corrected chi connectivity index (χ1v) is 5.51. The van der Waals surface area contributed by atoms with Crippen molar-refractivity contribution in [2.75, 3.05) is 5.73 Å². The lowest BCUT2D eigenvalue weighted by molar-refractivity contribution is 1.26. The molecule has 0 aliphatic rings. The van der Waals surface area contributed by atoms with Gasteiger partial charge in [-0.05, 0) is 42.8 Å². The first-order chi connectivity index (χ1) is 7.24. The molecule has 0 saturated carbocycles. The van der Waals surface area contributed by atoms with Crippen molar-refractivity contribution < 1.29 is 0 Å². The predicted octanol–water partition coefficient (Wildman–Crippen LogP) is 3.12. The summed E-state index contributed by atoms with van der Waals surface area (Å²) in [5.74, 6) is 0.